The maximum absolute atomic E-state index is 14.2. The van der Waals surface area contributed by atoms with Crippen molar-refractivity contribution >= 4 is 23.4 Å². The van der Waals surface area contributed by atoms with Gasteiger partial charge in [0, 0.05) is 37.8 Å². The predicted octanol–water partition coefficient (Wildman–Crippen LogP) is 4.74. The molecule has 0 unspecified atom stereocenters. The van der Waals surface area contributed by atoms with Gasteiger partial charge >= 0.3 is 0 Å². The molecule has 1 N–H and O–H groups in total. The van der Waals surface area contributed by atoms with E-state index >= 15 is 0 Å². The van der Waals surface area contributed by atoms with Crippen LogP contribution in [0.1, 0.15) is 48.2 Å². The fraction of sp³-hybridized carbons (Fsp3) is 0.323. The summed E-state index contributed by atoms with van der Waals surface area (Å²) in [7, 11) is 0. The lowest BCUT2D eigenvalue weighted by Crippen LogP contribution is -2.65. The highest BCUT2D eigenvalue weighted by Crippen LogP contribution is 2.36. The molecule has 7 nitrogen and oxygen atoms in total. The third-order valence-electron chi connectivity index (χ3n) is 7.09. The van der Waals surface area contributed by atoms with E-state index in [0.717, 1.165) is 11.1 Å². The first kappa shape index (κ1) is 26.9. The van der Waals surface area contributed by atoms with Gasteiger partial charge in [0.25, 0.3) is 5.91 Å². The molecule has 7 heteroatoms. The third-order valence-corrected chi connectivity index (χ3v) is 7.09. The van der Waals surface area contributed by atoms with Crippen LogP contribution in [0.25, 0.3) is 0 Å². The molecule has 0 aromatic heterocycles. The molecule has 1 heterocycles. The van der Waals surface area contributed by atoms with Crippen molar-refractivity contribution in [2.24, 2.45) is 0 Å². The summed E-state index contributed by atoms with van der Waals surface area (Å²) < 4.78 is 5.62. The first-order valence-electron chi connectivity index (χ1n) is 13.1. The SMILES string of the molecule is CCOc1ccc(N(C(=O)c2ccc(C)cc2)C2(C(=O)NCc3ccccc3)CCN(C(C)=O)CC2)cc1. The molecule has 38 heavy (non-hydrogen) atoms. The average Bonchev–Trinajstić information content (AvgIpc) is 2.94. The van der Waals surface area contributed by atoms with Crippen molar-refractivity contribution in [3.05, 3.63) is 95.6 Å². The van der Waals surface area contributed by atoms with E-state index in [1.54, 1.807) is 21.9 Å². The number of nitrogens with one attached hydrogen (secondary N) is 1. The summed E-state index contributed by atoms with van der Waals surface area (Å²) in [6, 6.07) is 24.3. The number of anilines is 1. The number of ether oxygens (including phenoxy) is 1. The van der Waals surface area contributed by atoms with Gasteiger partial charge in [0.05, 0.1) is 6.61 Å². The summed E-state index contributed by atoms with van der Waals surface area (Å²) >= 11 is 0. The van der Waals surface area contributed by atoms with Gasteiger partial charge in [-0.25, -0.2) is 0 Å². The van der Waals surface area contributed by atoms with E-state index in [-0.39, 0.29) is 17.7 Å². The number of amides is 3. The normalized spacial score (nSPS) is 14.4. The maximum atomic E-state index is 14.2. The quantitative estimate of drug-likeness (QED) is 0.472. The Balaban J connectivity index is 1.77. The molecule has 3 aromatic carbocycles. The number of piperidine rings is 1. The number of benzene rings is 3. The molecular weight excluding hydrogens is 478 g/mol. The monoisotopic (exact) mass is 513 g/mol. The van der Waals surface area contributed by atoms with E-state index in [0.29, 0.717) is 56.1 Å². The zero-order valence-corrected chi connectivity index (χ0v) is 22.3. The predicted molar refractivity (Wildman–Crippen MR) is 148 cm³/mol. The van der Waals surface area contributed by atoms with Gasteiger partial charge in [-0.2, -0.15) is 0 Å². The van der Waals surface area contributed by atoms with E-state index < -0.39 is 5.54 Å². The molecule has 1 saturated heterocycles. The number of carbonyl (C=O) groups excluding carboxylic acids is 3. The molecule has 0 radical (unpaired) electrons. The Morgan fingerprint density at radius 3 is 2.13 bits per heavy atom. The van der Waals surface area contributed by atoms with E-state index in [4.69, 9.17) is 4.74 Å². The second-order valence-electron chi connectivity index (χ2n) is 9.64. The van der Waals surface area contributed by atoms with Crippen LogP contribution in [-0.2, 0) is 16.1 Å². The van der Waals surface area contributed by atoms with Crippen LogP contribution >= 0.6 is 0 Å². The third kappa shape index (κ3) is 5.88. The second-order valence-corrected chi connectivity index (χ2v) is 9.64. The largest absolute Gasteiger partial charge is 0.494 e. The molecule has 0 saturated carbocycles. The smallest absolute Gasteiger partial charge is 0.259 e. The molecule has 0 spiro atoms. The lowest BCUT2D eigenvalue weighted by atomic mass is 9.83. The molecule has 0 bridgehead atoms. The van der Waals surface area contributed by atoms with Gasteiger partial charge in [-0.05, 0) is 68.7 Å². The second kappa shape index (κ2) is 11.9. The molecule has 1 aliphatic heterocycles. The summed E-state index contributed by atoms with van der Waals surface area (Å²) in [6.07, 6.45) is 0.635. The number of likely N-dealkylation sites (tertiary alicyclic amines) is 1. The molecule has 1 fully saturated rings. The fourth-order valence-electron chi connectivity index (χ4n) is 4.93. The molecular formula is C31H35N3O4. The Bertz CT molecular complexity index is 1250. The van der Waals surface area contributed by atoms with Gasteiger partial charge < -0.3 is 15.0 Å². The van der Waals surface area contributed by atoms with Crippen molar-refractivity contribution in [3.63, 3.8) is 0 Å². The average molecular weight is 514 g/mol. The summed E-state index contributed by atoms with van der Waals surface area (Å²) in [5.41, 5.74) is 1.92. The van der Waals surface area contributed by atoms with E-state index in [2.05, 4.69) is 5.32 Å². The van der Waals surface area contributed by atoms with E-state index in [1.165, 1.54) is 6.92 Å². The molecule has 0 aliphatic carbocycles. The van der Waals surface area contributed by atoms with Crippen LogP contribution in [0.3, 0.4) is 0 Å². The molecule has 198 valence electrons. The number of rotatable bonds is 8. The fourth-order valence-corrected chi connectivity index (χ4v) is 4.93. The minimum atomic E-state index is -1.18. The van der Waals surface area contributed by atoms with Gasteiger partial charge in [0.2, 0.25) is 11.8 Å². The lowest BCUT2D eigenvalue weighted by molar-refractivity contribution is -0.135. The van der Waals surface area contributed by atoms with Crippen LogP contribution in [0.2, 0.25) is 0 Å². The van der Waals surface area contributed by atoms with Gasteiger partial charge in [-0.1, -0.05) is 48.0 Å². The first-order chi connectivity index (χ1) is 18.3. The molecule has 3 amide bonds. The van der Waals surface area contributed by atoms with Crippen molar-refractivity contribution < 1.29 is 19.1 Å². The maximum Gasteiger partial charge on any atom is 0.259 e. The Morgan fingerprint density at radius 2 is 1.55 bits per heavy atom. The Labute approximate surface area is 224 Å². The Hall–Kier alpha value is -4.13. The minimum Gasteiger partial charge on any atom is -0.494 e. The van der Waals surface area contributed by atoms with E-state index in [1.807, 2.05) is 80.6 Å². The summed E-state index contributed by atoms with van der Waals surface area (Å²) in [5, 5.41) is 3.09. The van der Waals surface area contributed by atoms with Crippen LogP contribution < -0.4 is 15.0 Å². The van der Waals surface area contributed by atoms with Crippen LogP contribution in [0, 0.1) is 6.92 Å². The van der Waals surface area contributed by atoms with Gasteiger partial charge in [-0.15, -0.1) is 0 Å². The molecule has 4 rings (SSSR count). The molecule has 1 aliphatic rings. The minimum absolute atomic E-state index is 0.0410. The van der Waals surface area contributed by atoms with Crippen molar-refractivity contribution in [2.75, 3.05) is 24.6 Å². The number of aryl methyl sites for hydroxylation is 1. The van der Waals surface area contributed by atoms with Crippen molar-refractivity contribution in [3.8, 4) is 5.75 Å². The van der Waals surface area contributed by atoms with Gasteiger partial charge in [0.15, 0.2) is 0 Å². The first-order valence-corrected chi connectivity index (χ1v) is 13.1. The zero-order valence-electron chi connectivity index (χ0n) is 22.3. The Morgan fingerprint density at radius 1 is 0.921 bits per heavy atom. The molecule has 0 atom stereocenters. The highest BCUT2D eigenvalue weighted by atomic mass is 16.5. The lowest BCUT2D eigenvalue weighted by Gasteiger charge is -2.47. The van der Waals surface area contributed by atoms with Crippen LogP contribution in [-0.4, -0.2) is 47.9 Å². The summed E-state index contributed by atoms with van der Waals surface area (Å²) in [5.74, 6) is 0.146. The van der Waals surface area contributed by atoms with Crippen LogP contribution in [0.5, 0.6) is 5.75 Å². The van der Waals surface area contributed by atoms with E-state index in [9.17, 15) is 14.4 Å². The van der Waals surface area contributed by atoms with Gasteiger partial charge in [-0.3, -0.25) is 19.3 Å². The zero-order chi connectivity index (χ0) is 27.1. The summed E-state index contributed by atoms with van der Waals surface area (Å²) in [4.78, 5) is 43.8. The van der Waals surface area contributed by atoms with Crippen LogP contribution in [0.4, 0.5) is 5.69 Å². The Kier molecular flexibility index (Phi) is 8.46. The number of hydrogen-bond donors (Lipinski definition) is 1. The van der Waals surface area contributed by atoms with Crippen molar-refractivity contribution in [1.82, 2.24) is 10.2 Å². The number of carbonyl (C=O) groups is 3. The highest BCUT2D eigenvalue weighted by Gasteiger charge is 2.49. The molecule has 3 aromatic rings. The highest BCUT2D eigenvalue weighted by molar-refractivity contribution is 6.11. The topological polar surface area (TPSA) is 79.0 Å². The van der Waals surface area contributed by atoms with Crippen molar-refractivity contribution in [2.45, 2.75) is 45.7 Å². The number of nitrogens with zero attached hydrogens (tertiary/aromatic N) is 2. The van der Waals surface area contributed by atoms with Gasteiger partial charge in [0.1, 0.15) is 11.3 Å². The standard InChI is InChI=1S/C31H35N3O4/c1-4-38-28-16-14-27(15-17-28)34(29(36)26-12-10-23(2)11-13-26)31(18-20-33(21-19-31)24(3)35)30(37)32-22-25-8-6-5-7-9-25/h5-17H,4,18-22H2,1-3H3,(H,32,37). The van der Waals surface area contributed by atoms with Crippen LogP contribution in [0.15, 0.2) is 78.9 Å². The van der Waals surface area contributed by atoms with Crippen molar-refractivity contribution in [1.29, 1.82) is 0 Å². The summed E-state index contributed by atoms with van der Waals surface area (Å²) in [6.45, 7) is 7.03. The number of hydrogen-bond acceptors (Lipinski definition) is 4.